The molecule has 0 radical (unpaired) electrons. The molecule has 1 aromatic carbocycles. The highest BCUT2D eigenvalue weighted by atomic mass is 16.5. The summed E-state index contributed by atoms with van der Waals surface area (Å²) in [6.45, 7) is 8.77. The smallest absolute Gasteiger partial charge is 0.0881 e. The topological polar surface area (TPSA) is 30.5 Å². The van der Waals surface area contributed by atoms with Crippen LogP contribution in [0, 0.1) is 13.8 Å². The van der Waals surface area contributed by atoms with E-state index in [0.717, 1.165) is 39.1 Å². The van der Waals surface area contributed by atoms with Gasteiger partial charge in [0.25, 0.3) is 0 Å². The van der Waals surface area contributed by atoms with E-state index in [9.17, 15) is 0 Å². The number of benzene rings is 1. The highest BCUT2D eigenvalue weighted by molar-refractivity contribution is 5.30. The maximum Gasteiger partial charge on any atom is 0.0881 e. The summed E-state index contributed by atoms with van der Waals surface area (Å²) in [5, 5.41) is 3.50. The van der Waals surface area contributed by atoms with E-state index in [2.05, 4.69) is 44.3 Å². The Hall–Kier alpha value is -0.900. The first-order chi connectivity index (χ1) is 10.1. The molecule has 2 rings (SSSR count). The molecule has 1 aliphatic rings. The van der Waals surface area contributed by atoms with Gasteiger partial charge in [-0.3, -0.25) is 0 Å². The Morgan fingerprint density at radius 2 is 1.95 bits per heavy atom. The van der Waals surface area contributed by atoms with E-state index in [-0.39, 0.29) is 5.60 Å². The van der Waals surface area contributed by atoms with Gasteiger partial charge in [-0.1, -0.05) is 18.2 Å². The molecule has 3 heteroatoms. The number of rotatable bonds is 6. The molecule has 118 valence electrons. The van der Waals surface area contributed by atoms with Crippen LogP contribution in [0.1, 0.15) is 36.5 Å². The summed E-state index contributed by atoms with van der Waals surface area (Å²) in [4.78, 5) is 0. The maximum atomic E-state index is 6.21. The Labute approximate surface area is 129 Å². The lowest BCUT2D eigenvalue weighted by Gasteiger charge is -2.43. The van der Waals surface area contributed by atoms with Gasteiger partial charge in [0.1, 0.15) is 0 Å². The van der Waals surface area contributed by atoms with Gasteiger partial charge in [-0.05, 0) is 50.9 Å². The van der Waals surface area contributed by atoms with Crippen molar-refractivity contribution < 1.29 is 9.47 Å². The van der Waals surface area contributed by atoms with Crippen molar-refractivity contribution >= 4 is 0 Å². The average Bonchev–Trinajstić information content (AvgIpc) is 2.49. The molecule has 0 spiro atoms. The van der Waals surface area contributed by atoms with Crippen LogP contribution in [0.25, 0.3) is 0 Å². The number of hydrogen-bond acceptors (Lipinski definition) is 3. The fourth-order valence-corrected chi connectivity index (χ4v) is 3.32. The SMILES string of the molecule is CCOC1(C(Cc2ccc(C)c(C)c2)NC)CCOCC1. The molecule has 0 saturated carbocycles. The summed E-state index contributed by atoms with van der Waals surface area (Å²) < 4.78 is 11.8. The molecule has 1 aliphatic heterocycles. The van der Waals surface area contributed by atoms with Gasteiger partial charge in [0, 0.05) is 38.7 Å². The lowest BCUT2D eigenvalue weighted by molar-refractivity contribution is -0.125. The van der Waals surface area contributed by atoms with Crippen LogP contribution in [-0.2, 0) is 15.9 Å². The van der Waals surface area contributed by atoms with Gasteiger partial charge in [0.15, 0.2) is 0 Å². The van der Waals surface area contributed by atoms with Crippen molar-refractivity contribution in [3.63, 3.8) is 0 Å². The summed E-state index contributed by atoms with van der Waals surface area (Å²) >= 11 is 0. The fraction of sp³-hybridized carbons (Fsp3) is 0.667. The first-order valence-electron chi connectivity index (χ1n) is 8.06. The van der Waals surface area contributed by atoms with Gasteiger partial charge < -0.3 is 14.8 Å². The summed E-state index contributed by atoms with van der Waals surface area (Å²) in [7, 11) is 2.04. The Balaban J connectivity index is 2.17. The number of hydrogen-bond donors (Lipinski definition) is 1. The van der Waals surface area contributed by atoms with Gasteiger partial charge >= 0.3 is 0 Å². The Morgan fingerprint density at radius 1 is 1.24 bits per heavy atom. The van der Waals surface area contributed by atoms with Crippen molar-refractivity contribution in [3.05, 3.63) is 34.9 Å². The molecule has 0 aromatic heterocycles. The van der Waals surface area contributed by atoms with Crippen LogP contribution in [0.4, 0.5) is 0 Å². The minimum Gasteiger partial charge on any atom is -0.381 e. The molecule has 3 nitrogen and oxygen atoms in total. The second-order valence-corrected chi connectivity index (χ2v) is 6.07. The van der Waals surface area contributed by atoms with Gasteiger partial charge in [-0.15, -0.1) is 0 Å². The number of likely N-dealkylation sites (N-methyl/N-ethyl adjacent to an activating group) is 1. The predicted octanol–water partition coefficient (Wildman–Crippen LogP) is 3.02. The highest BCUT2D eigenvalue weighted by Crippen LogP contribution is 2.31. The van der Waals surface area contributed by atoms with Crippen LogP contribution in [0.3, 0.4) is 0 Å². The molecular formula is C18H29NO2. The second-order valence-electron chi connectivity index (χ2n) is 6.07. The number of aryl methyl sites for hydroxylation is 2. The van der Waals surface area contributed by atoms with Crippen molar-refractivity contribution in [2.24, 2.45) is 0 Å². The summed E-state index contributed by atoms with van der Waals surface area (Å²) in [5.41, 5.74) is 3.99. The van der Waals surface area contributed by atoms with E-state index >= 15 is 0 Å². The molecule has 1 saturated heterocycles. The quantitative estimate of drug-likeness (QED) is 0.874. The first-order valence-corrected chi connectivity index (χ1v) is 8.06. The molecule has 1 fully saturated rings. The molecule has 1 unspecified atom stereocenters. The van der Waals surface area contributed by atoms with Crippen LogP contribution in [0.5, 0.6) is 0 Å². The molecule has 1 N–H and O–H groups in total. The Kier molecular flexibility index (Phi) is 5.80. The van der Waals surface area contributed by atoms with Crippen LogP contribution in [0.15, 0.2) is 18.2 Å². The van der Waals surface area contributed by atoms with E-state index < -0.39 is 0 Å². The zero-order valence-corrected chi connectivity index (χ0v) is 13.9. The maximum absolute atomic E-state index is 6.21. The third-order valence-electron chi connectivity index (χ3n) is 4.77. The van der Waals surface area contributed by atoms with E-state index in [0.29, 0.717) is 6.04 Å². The first kappa shape index (κ1) is 16.5. The van der Waals surface area contributed by atoms with Crippen LogP contribution in [-0.4, -0.2) is 38.5 Å². The van der Waals surface area contributed by atoms with E-state index in [1.807, 2.05) is 7.05 Å². The summed E-state index contributed by atoms with van der Waals surface area (Å²) in [6, 6.07) is 7.09. The predicted molar refractivity (Wildman–Crippen MR) is 86.9 cm³/mol. The molecule has 1 heterocycles. The highest BCUT2D eigenvalue weighted by Gasteiger charge is 2.40. The van der Waals surface area contributed by atoms with Gasteiger partial charge in [0.05, 0.1) is 5.60 Å². The number of ether oxygens (including phenoxy) is 2. The van der Waals surface area contributed by atoms with Gasteiger partial charge in [-0.25, -0.2) is 0 Å². The molecule has 1 aromatic rings. The number of nitrogens with one attached hydrogen (secondary N) is 1. The van der Waals surface area contributed by atoms with Crippen LogP contribution < -0.4 is 5.32 Å². The van der Waals surface area contributed by atoms with Crippen molar-refractivity contribution in [3.8, 4) is 0 Å². The largest absolute Gasteiger partial charge is 0.381 e. The third kappa shape index (κ3) is 3.85. The van der Waals surface area contributed by atoms with Gasteiger partial charge in [-0.2, -0.15) is 0 Å². The monoisotopic (exact) mass is 291 g/mol. The molecule has 21 heavy (non-hydrogen) atoms. The Morgan fingerprint density at radius 3 is 2.52 bits per heavy atom. The van der Waals surface area contributed by atoms with Crippen LogP contribution in [0.2, 0.25) is 0 Å². The summed E-state index contributed by atoms with van der Waals surface area (Å²) in [5.74, 6) is 0. The van der Waals surface area contributed by atoms with E-state index in [1.165, 1.54) is 16.7 Å². The molecule has 1 atom stereocenters. The minimum atomic E-state index is -0.0967. The van der Waals surface area contributed by atoms with Crippen molar-refractivity contribution in [2.75, 3.05) is 26.9 Å². The van der Waals surface area contributed by atoms with E-state index in [1.54, 1.807) is 0 Å². The normalized spacial score (nSPS) is 19.4. The van der Waals surface area contributed by atoms with Crippen molar-refractivity contribution in [1.82, 2.24) is 5.32 Å². The minimum absolute atomic E-state index is 0.0967. The second kappa shape index (κ2) is 7.39. The van der Waals surface area contributed by atoms with Crippen LogP contribution >= 0.6 is 0 Å². The standard InChI is InChI=1S/C18H29NO2/c1-5-21-18(8-10-20-11-9-18)17(19-4)13-16-7-6-14(2)15(3)12-16/h6-7,12,17,19H,5,8-11,13H2,1-4H3. The fourth-order valence-electron chi connectivity index (χ4n) is 3.32. The third-order valence-corrected chi connectivity index (χ3v) is 4.77. The lowest BCUT2D eigenvalue weighted by atomic mass is 9.82. The lowest BCUT2D eigenvalue weighted by Crippen LogP contribution is -2.55. The van der Waals surface area contributed by atoms with Gasteiger partial charge in [0.2, 0.25) is 0 Å². The average molecular weight is 291 g/mol. The zero-order chi connectivity index (χ0) is 15.3. The molecule has 0 amide bonds. The zero-order valence-electron chi connectivity index (χ0n) is 13.9. The molecular weight excluding hydrogens is 262 g/mol. The van der Waals surface area contributed by atoms with Crippen molar-refractivity contribution in [2.45, 2.75) is 51.7 Å². The van der Waals surface area contributed by atoms with Crippen molar-refractivity contribution in [1.29, 1.82) is 0 Å². The van der Waals surface area contributed by atoms with E-state index in [4.69, 9.17) is 9.47 Å². The molecule has 0 aliphatic carbocycles. The Bertz CT molecular complexity index is 447. The molecule has 0 bridgehead atoms. The summed E-state index contributed by atoms with van der Waals surface area (Å²) in [6.07, 6.45) is 2.94.